The molecule has 1 unspecified atom stereocenters. The maximum absolute atomic E-state index is 11.9. The van der Waals surface area contributed by atoms with Crippen molar-refractivity contribution in [2.75, 3.05) is 18.2 Å². The van der Waals surface area contributed by atoms with Gasteiger partial charge in [0, 0.05) is 11.7 Å². The summed E-state index contributed by atoms with van der Waals surface area (Å²) in [6, 6.07) is 13.0. The smallest absolute Gasteiger partial charge is 0.340 e. The highest BCUT2D eigenvalue weighted by atomic mass is 35.5. The quantitative estimate of drug-likeness (QED) is 0.664. The minimum atomic E-state index is -0.480. The third-order valence-corrected chi connectivity index (χ3v) is 3.48. The van der Waals surface area contributed by atoms with Crippen LogP contribution in [0.3, 0.4) is 0 Å². The van der Waals surface area contributed by atoms with Crippen LogP contribution in [0.2, 0.25) is 5.02 Å². The fourth-order valence-corrected chi connectivity index (χ4v) is 2.37. The molecule has 3 N–H and O–H groups in total. The Hall–Kier alpha value is -2.20. The van der Waals surface area contributed by atoms with E-state index >= 15 is 0 Å². The average Bonchev–Trinajstić information content (AvgIpc) is 2.49. The molecule has 2 aromatic carbocycles. The van der Waals surface area contributed by atoms with E-state index < -0.39 is 5.97 Å². The number of rotatable bonds is 4. The summed E-state index contributed by atoms with van der Waals surface area (Å²) in [6.45, 7) is 1.99. The number of nitrogen functional groups attached to an aromatic ring is 1. The van der Waals surface area contributed by atoms with E-state index in [0.29, 0.717) is 22.0 Å². The van der Waals surface area contributed by atoms with Crippen LogP contribution in [0, 0.1) is 0 Å². The van der Waals surface area contributed by atoms with Gasteiger partial charge in [0.2, 0.25) is 0 Å². The number of nitrogens with two attached hydrogens (primary N) is 1. The zero-order valence-corrected chi connectivity index (χ0v) is 12.6. The summed E-state index contributed by atoms with van der Waals surface area (Å²) in [6.07, 6.45) is 0. The molecule has 0 saturated carbocycles. The van der Waals surface area contributed by atoms with Gasteiger partial charge in [-0.1, -0.05) is 41.9 Å². The molecule has 1 atom stereocenters. The zero-order valence-electron chi connectivity index (χ0n) is 11.9. The second-order valence-electron chi connectivity index (χ2n) is 4.69. The molecule has 110 valence electrons. The Morgan fingerprint density at radius 2 is 1.95 bits per heavy atom. The fourth-order valence-electron chi connectivity index (χ4n) is 2.09. The molecular weight excluding hydrogens is 288 g/mol. The molecule has 0 aliphatic carbocycles. The lowest BCUT2D eigenvalue weighted by Crippen LogP contribution is -2.13. The molecule has 0 bridgehead atoms. The average molecular weight is 305 g/mol. The van der Waals surface area contributed by atoms with E-state index in [9.17, 15) is 4.79 Å². The van der Waals surface area contributed by atoms with Gasteiger partial charge in [-0.3, -0.25) is 0 Å². The van der Waals surface area contributed by atoms with Gasteiger partial charge in [-0.25, -0.2) is 4.79 Å². The molecule has 2 rings (SSSR count). The number of benzene rings is 2. The fraction of sp³-hybridized carbons (Fsp3) is 0.188. The van der Waals surface area contributed by atoms with Gasteiger partial charge < -0.3 is 15.8 Å². The first-order chi connectivity index (χ1) is 10.0. The highest BCUT2D eigenvalue weighted by molar-refractivity contribution is 6.34. The van der Waals surface area contributed by atoms with E-state index in [1.54, 1.807) is 12.1 Å². The Morgan fingerprint density at radius 1 is 1.29 bits per heavy atom. The Bertz CT molecular complexity index is 644. The lowest BCUT2D eigenvalue weighted by molar-refractivity contribution is 0.0602. The summed E-state index contributed by atoms with van der Waals surface area (Å²) >= 11 is 6.22. The molecule has 0 radical (unpaired) electrons. The van der Waals surface area contributed by atoms with Crippen molar-refractivity contribution in [3.63, 3.8) is 0 Å². The van der Waals surface area contributed by atoms with E-state index in [1.165, 1.54) is 7.11 Å². The maximum atomic E-state index is 11.9. The molecular formula is C16H17ClN2O2. The normalized spacial score (nSPS) is 11.8. The molecule has 0 aromatic heterocycles. The topological polar surface area (TPSA) is 64.3 Å². The minimum Gasteiger partial charge on any atom is -0.465 e. The van der Waals surface area contributed by atoms with Crippen LogP contribution >= 0.6 is 11.6 Å². The Kier molecular flexibility index (Phi) is 4.70. The van der Waals surface area contributed by atoms with Crippen molar-refractivity contribution in [1.82, 2.24) is 0 Å². The van der Waals surface area contributed by atoms with Crippen molar-refractivity contribution >= 4 is 28.9 Å². The highest BCUT2D eigenvalue weighted by Gasteiger charge is 2.18. The Balaban J connectivity index is 2.37. The number of anilines is 2. The van der Waals surface area contributed by atoms with Crippen molar-refractivity contribution in [2.24, 2.45) is 0 Å². The minimum absolute atomic E-state index is 0.0178. The lowest BCUT2D eigenvalue weighted by atomic mass is 10.1. The molecule has 0 aliphatic heterocycles. The number of hydrogen-bond donors (Lipinski definition) is 2. The van der Waals surface area contributed by atoms with Gasteiger partial charge in [-0.2, -0.15) is 0 Å². The molecule has 2 aromatic rings. The maximum Gasteiger partial charge on any atom is 0.340 e. The number of esters is 1. The zero-order chi connectivity index (χ0) is 15.4. The van der Waals surface area contributed by atoms with Gasteiger partial charge in [-0.15, -0.1) is 0 Å². The van der Waals surface area contributed by atoms with E-state index in [-0.39, 0.29) is 6.04 Å². The van der Waals surface area contributed by atoms with Gasteiger partial charge in [0.05, 0.1) is 23.4 Å². The van der Waals surface area contributed by atoms with E-state index in [2.05, 4.69) is 5.32 Å². The van der Waals surface area contributed by atoms with Crippen LogP contribution in [0.25, 0.3) is 0 Å². The van der Waals surface area contributed by atoms with Gasteiger partial charge >= 0.3 is 5.97 Å². The van der Waals surface area contributed by atoms with Crippen molar-refractivity contribution in [3.8, 4) is 0 Å². The van der Waals surface area contributed by atoms with Crippen LogP contribution in [0.4, 0.5) is 11.4 Å². The van der Waals surface area contributed by atoms with Crippen LogP contribution in [0.15, 0.2) is 42.5 Å². The number of carbonyl (C=O) groups excluding carboxylic acids is 1. The summed E-state index contributed by atoms with van der Waals surface area (Å²) in [7, 11) is 1.32. The summed E-state index contributed by atoms with van der Waals surface area (Å²) in [4.78, 5) is 11.9. The Morgan fingerprint density at radius 3 is 2.57 bits per heavy atom. The van der Waals surface area contributed by atoms with Crippen LogP contribution < -0.4 is 11.1 Å². The van der Waals surface area contributed by atoms with Crippen molar-refractivity contribution < 1.29 is 9.53 Å². The van der Waals surface area contributed by atoms with Crippen LogP contribution in [-0.2, 0) is 4.74 Å². The van der Waals surface area contributed by atoms with Gasteiger partial charge in [-0.05, 0) is 24.6 Å². The van der Waals surface area contributed by atoms with Crippen molar-refractivity contribution in [2.45, 2.75) is 13.0 Å². The summed E-state index contributed by atoms with van der Waals surface area (Å²) in [5, 5.41) is 3.64. The van der Waals surface area contributed by atoms with E-state index in [0.717, 1.165) is 5.56 Å². The van der Waals surface area contributed by atoms with E-state index in [4.69, 9.17) is 22.1 Å². The van der Waals surface area contributed by atoms with Crippen molar-refractivity contribution in [1.29, 1.82) is 0 Å². The number of nitrogens with one attached hydrogen (secondary N) is 1. The largest absolute Gasteiger partial charge is 0.465 e. The third-order valence-electron chi connectivity index (χ3n) is 3.18. The summed E-state index contributed by atoms with van der Waals surface area (Å²) in [5.41, 5.74) is 8.09. The lowest BCUT2D eigenvalue weighted by Gasteiger charge is -2.19. The van der Waals surface area contributed by atoms with Crippen LogP contribution in [0.5, 0.6) is 0 Å². The molecule has 0 aliphatic rings. The predicted molar refractivity (Wildman–Crippen MR) is 85.7 cm³/mol. The molecule has 0 amide bonds. The third kappa shape index (κ3) is 3.47. The number of carbonyl (C=O) groups is 1. The second kappa shape index (κ2) is 6.50. The molecule has 0 spiro atoms. The first kappa shape index (κ1) is 15.2. The summed E-state index contributed by atoms with van der Waals surface area (Å²) < 4.78 is 4.78. The van der Waals surface area contributed by atoms with E-state index in [1.807, 2.05) is 37.3 Å². The van der Waals surface area contributed by atoms with Gasteiger partial charge in [0.1, 0.15) is 0 Å². The highest BCUT2D eigenvalue weighted by Crippen LogP contribution is 2.32. The van der Waals surface area contributed by atoms with Gasteiger partial charge in [0.15, 0.2) is 0 Å². The monoisotopic (exact) mass is 304 g/mol. The molecule has 4 nitrogen and oxygen atoms in total. The first-order valence-electron chi connectivity index (χ1n) is 6.51. The molecule has 5 heteroatoms. The van der Waals surface area contributed by atoms with Gasteiger partial charge in [0.25, 0.3) is 0 Å². The Labute approximate surface area is 128 Å². The second-order valence-corrected chi connectivity index (χ2v) is 5.10. The standard InChI is InChI=1S/C16H17ClN2O2/c1-10(11-6-4-3-5-7-11)19-15-13(16(20)21-2)8-12(18)9-14(15)17/h3-10,19H,18H2,1-2H3. The molecule has 21 heavy (non-hydrogen) atoms. The number of halogens is 1. The molecule has 0 heterocycles. The SMILES string of the molecule is COC(=O)c1cc(N)cc(Cl)c1NC(C)c1ccccc1. The van der Waals surface area contributed by atoms with Crippen molar-refractivity contribution in [3.05, 3.63) is 58.6 Å². The molecule has 0 saturated heterocycles. The van der Waals surface area contributed by atoms with Crippen LogP contribution in [0.1, 0.15) is 28.9 Å². The number of ether oxygens (including phenoxy) is 1. The first-order valence-corrected chi connectivity index (χ1v) is 6.89. The number of hydrogen-bond acceptors (Lipinski definition) is 4. The molecule has 0 fully saturated rings. The predicted octanol–water partition coefficient (Wildman–Crippen LogP) is 3.88. The number of methoxy groups -OCH3 is 1. The van der Waals surface area contributed by atoms with Crippen LogP contribution in [-0.4, -0.2) is 13.1 Å². The summed E-state index contributed by atoms with van der Waals surface area (Å²) in [5.74, 6) is -0.480.